The fraction of sp³-hybridized carbons (Fsp3) is 0.381. The maximum absolute atomic E-state index is 13.1. The van der Waals surface area contributed by atoms with Gasteiger partial charge in [0.2, 0.25) is 15.9 Å². The molecule has 1 aliphatic rings. The lowest BCUT2D eigenvalue weighted by molar-refractivity contribution is -0.115. The molecule has 174 valence electrons. The van der Waals surface area contributed by atoms with Crippen LogP contribution in [-0.4, -0.2) is 46.7 Å². The van der Waals surface area contributed by atoms with Crippen molar-refractivity contribution in [2.75, 3.05) is 35.0 Å². The van der Waals surface area contributed by atoms with Crippen LogP contribution < -0.4 is 15.4 Å². The molecule has 3 N–H and O–H groups in total. The van der Waals surface area contributed by atoms with Gasteiger partial charge in [0, 0.05) is 25.3 Å². The Kier molecular flexibility index (Phi) is 7.11. The highest BCUT2D eigenvalue weighted by Gasteiger charge is 2.25. The highest BCUT2D eigenvalue weighted by Crippen LogP contribution is 2.31. The third-order valence-corrected chi connectivity index (χ3v) is 8.57. The van der Waals surface area contributed by atoms with Gasteiger partial charge >= 0.3 is 0 Å². The molecule has 0 unspecified atom stereocenters. The van der Waals surface area contributed by atoms with Gasteiger partial charge in [0.25, 0.3) is 10.0 Å². The van der Waals surface area contributed by atoms with E-state index >= 15 is 0 Å². The summed E-state index contributed by atoms with van der Waals surface area (Å²) in [5.41, 5.74) is 1.81. The number of carbonyl (C=O) groups excluding carboxylic acids is 1. The standard InChI is InChI=1S/C21H28N4O5S2/c1-4-11-22-19-10-8-17(32(29,30)25(5-2)6-3)14-20(19)24-31(27,28)16-7-9-18-15(12-16)13-21(26)23-18/h7-10,12,14,22,24H,4-6,11,13H2,1-3H3,(H,23,26). The van der Waals surface area contributed by atoms with Crippen LogP contribution in [0.3, 0.4) is 0 Å². The van der Waals surface area contributed by atoms with Gasteiger partial charge in [-0.05, 0) is 48.4 Å². The summed E-state index contributed by atoms with van der Waals surface area (Å²) >= 11 is 0. The van der Waals surface area contributed by atoms with Crippen LogP contribution in [0.15, 0.2) is 46.2 Å². The van der Waals surface area contributed by atoms with Gasteiger partial charge in [0.15, 0.2) is 0 Å². The molecule has 2 aromatic rings. The van der Waals surface area contributed by atoms with Crippen LogP contribution in [0, 0.1) is 0 Å². The predicted molar refractivity (Wildman–Crippen MR) is 125 cm³/mol. The molecule has 1 amide bonds. The molecule has 0 bridgehead atoms. The molecule has 3 rings (SSSR count). The number of anilines is 3. The molecule has 2 aromatic carbocycles. The Morgan fingerprint density at radius 3 is 2.28 bits per heavy atom. The Hall–Kier alpha value is -2.63. The smallest absolute Gasteiger partial charge is 0.261 e. The van der Waals surface area contributed by atoms with Crippen LogP contribution in [-0.2, 0) is 31.3 Å². The normalized spacial score (nSPS) is 13.7. The van der Waals surface area contributed by atoms with Gasteiger partial charge in [-0.2, -0.15) is 4.31 Å². The highest BCUT2D eigenvalue weighted by atomic mass is 32.2. The number of amides is 1. The first kappa shape index (κ1) is 24.0. The largest absolute Gasteiger partial charge is 0.383 e. The number of fused-ring (bicyclic) bond motifs is 1. The quantitative estimate of drug-likeness (QED) is 0.480. The molecule has 0 saturated carbocycles. The molecule has 0 atom stereocenters. The minimum atomic E-state index is -4.03. The average molecular weight is 481 g/mol. The third-order valence-electron chi connectivity index (χ3n) is 5.16. The summed E-state index contributed by atoms with van der Waals surface area (Å²) in [5, 5.41) is 5.80. The second-order valence-electron chi connectivity index (χ2n) is 7.37. The number of hydrogen-bond acceptors (Lipinski definition) is 6. The minimum Gasteiger partial charge on any atom is -0.383 e. The first-order valence-electron chi connectivity index (χ1n) is 10.5. The van der Waals surface area contributed by atoms with Crippen LogP contribution in [0.5, 0.6) is 0 Å². The van der Waals surface area contributed by atoms with Gasteiger partial charge in [-0.3, -0.25) is 9.52 Å². The number of nitrogens with zero attached hydrogens (tertiary/aromatic N) is 1. The number of rotatable bonds is 10. The summed E-state index contributed by atoms with van der Waals surface area (Å²) in [5.74, 6) is -0.192. The lowest BCUT2D eigenvalue weighted by Crippen LogP contribution is -2.30. The third kappa shape index (κ3) is 4.89. The van der Waals surface area contributed by atoms with Crippen molar-refractivity contribution in [3.63, 3.8) is 0 Å². The first-order valence-corrected chi connectivity index (χ1v) is 13.4. The van der Waals surface area contributed by atoms with Crippen molar-refractivity contribution in [1.82, 2.24) is 4.31 Å². The van der Waals surface area contributed by atoms with E-state index in [0.717, 1.165) is 6.42 Å². The zero-order valence-electron chi connectivity index (χ0n) is 18.3. The van der Waals surface area contributed by atoms with Gasteiger partial charge < -0.3 is 10.6 Å². The number of sulfonamides is 2. The molecule has 32 heavy (non-hydrogen) atoms. The van der Waals surface area contributed by atoms with E-state index in [-0.39, 0.29) is 27.8 Å². The van der Waals surface area contributed by atoms with Crippen LogP contribution in [0.1, 0.15) is 32.8 Å². The lowest BCUT2D eigenvalue weighted by Gasteiger charge is -2.20. The molecule has 11 heteroatoms. The molecular formula is C21H28N4O5S2. The van der Waals surface area contributed by atoms with Crippen LogP contribution in [0.4, 0.5) is 17.1 Å². The molecule has 0 spiro atoms. The van der Waals surface area contributed by atoms with Crippen LogP contribution >= 0.6 is 0 Å². The number of nitrogens with one attached hydrogen (secondary N) is 3. The number of carbonyl (C=O) groups is 1. The van der Waals surface area contributed by atoms with E-state index in [9.17, 15) is 21.6 Å². The Morgan fingerprint density at radius 1 is 0.938 bits per heavy atom. The van der Waals surface area contributed by atoms with E-state index in [1.54, 1.807) is 26.0 Å². The first-order chi connectivity index (χ1) is 15.1. The summed E-state index contributed by atoms with van der Waals surface area (Å²) < 4.78 is 56.0. The van der Waals surface area contributed by atoms with Crippen molar-refractivity contribution in [3.05, 3.63) is 42.0 Å². The summed E-state index contributed by atoms with van der Waals surface area (Å²) in [6.07, 6.45) is 0.914. The van der Waals surface area contributed by atoms with Crippen molar-refractivity contribution >= 4 is 43.0 Å². The average Bonchev–Trinajstić information content (AvgIpc) is 3.12. The van der Waals surface area contributed by atoms with Crippen molar-refractivity contribution in [2.45, 2.75) is 43.4 Å². The Bertz CT molecular complexity index is 1220. The van der Waals surface area contributed by atoms with Gasteiger partial charge in [0.05, 0.1) is 27.6 Å². The Balaban J connectivity index is 2.01. The van der Waals surface area contributed by atoms with E-state index in [1.807, 2.05) is 6.92 Å². The summed E-state index contributed by atoms with van der Waals surface area (Å²) in [6, 6.07) is 8.77. The lowest BCUT2D eigenvalue weighted by atomic mass is 10.2. The molecule has 0 saturated heterocycles. The van der Waals surface area contributed by atoms with Gasteiger partial charge in [-0.15, -0.1) is 0 Å². The minimum absolute atomic E-state index is 0.00435. The van der Waals surface area contributed by atoms with E-state index < -0.39 is 20.0 Å². The van der Waals surface area contributed by atoms with Gasteiger partial charge in [0.1, 0.15) is 0 Å². The second-order valence-corrected chi connectivity index (χ2v) is 11.0. The molecule has 9 nitrogen and oxygen atoms in total. The molecule has 0 radical (unpaired) electrons. The fourth-order valence-electron chi connectivity index (χ4n) is 3.47. The zero-order valence-corrected chi connectivity index (χ0v) is 19.9. The molecule has 0 aliphatic carbocycles. The molecule has 0 fully saturated rings. The number of hydrogen-bond donors (Lipinski definition) is 3. The van der Waals surface area contributed by atoms with Crippen LogP contribution in [0.2, 0.25) is 0 Å². The molecular weight excluding hydrogens is 452 g/mol. The van der Waals surface area contributed by atoms with E-state index in [0.29, 0.717) is 36.6 Å². The highest BCUT2D eigenvalue weighted by molar-refractivity contribution is 7.92. The number of benzene rings is 2. The van der Waals surface area contributed by atoms with Gasteiger partial charge in [-0.25, -0.2) is 16.8 Å². The topological polar surface area (TPSA) is 125 Å². The zero-order chi connectivity index (χ0) is 23.5. The fourth-order valence-corrected chi connectivity index (χ4v) is 6.08. The van der Waals surface area contributed by atoms with Crippen LogP contribution in [0.25, 0.3) is 0 Å². The summed E-state index contributed by atoms with van der Waals surface area (Å²) in [6.45, 7) is 6.65. The van der Waals surface area contributed by atoms with Crippen molar-refractivity contribution in [3.8, 4) is 0 Å². The SMILES string of the molecule is CCCNc1ccc(S(=O)(=O)N(CC)CC)cc1NS(=O)(=O)c1ccc2c(c1)CC(=O)N2. The van der Waals surface area contributed by atoms with E-state index in [4.69, 9.17) is 0 Å². The van der Waals surface area contributed by atoms with Crippen molar-refractivity contribution in [2.24, 2.45) is 0 Å². The predicted octanol–water partition coefficient (Wildman–Crippen LogP) is 2.83. The maximum Gasteiger partial charge on any atom is 0.261 e. The molecule has 1 heterocycles. The van der Waals surface area contributed by atoms with E-state index in [1.165, 1.54) is 28.6 Å². The monoisotopic (exact) mass is 480 g/mol. The second kappa shape index (κ2) is 9.47. The summed E-state index contributed by atoms with van der Waals surface area (Å²) in [7, 11) is -7.80. The van der Waals surface area contributed by atoms with Gasteiger partial charge in [-0.1, -0.05) is 20.8 Å². The van der Waals surface area contributed by atoms with Crippen molar-refractivity contribution in [1.29, 1.82) is 0 Å². The molecule has 1 aliphatic heterocycles. The van der Waals surface area contributed by atoms with Crippen molar-refractivity contribution < 1.29 is 21.6 Å². The van der Waals surface area contributed by atoms with E-state index in [2.05, 4.69) is 15.4 Å². The maximum atomic E-state index is 13.1. The molecule has 0 aromatic heterocycles. The Labute approximate surface area is 189 Å². The summed E-state index contributed by atoms with van der Waals surface area (Å²) in [4.78, 5) is 11.6. The Morgan fingerprint density at radius 2 is 1.62 bits per heavy atom.